The Bertz CT molecular complexity index is 1130. The van der Waals surface area contributed by atoms with Crippen LogP contribution in [0.25, 0.3) is 11.1 Å². The Morgan fingerprint density at radius 1 is 1.28 bits per heavy atom. The van der Waals surface area contributed by atoms with E-state index < -0.39 is 21.5 Å². The molecule has 0 spiro atoms. The van der Waals surface area contributed by atoms with Crippen LogP contribution in [0, 0.1) is 6.92 Å². The van der Waals surface area contributed by atoms with Gasteiger partial charge in [-0.2, -0.15) is 0 Å². The molecular formula is C15H14N4O5S. The van der Waals surface area contributed by atoms with E-state index >= 15 is 0 Å². The highest BCUT2D eigenvalue weighted by Gasteiger charge is 2.25. The van der Waals surface area contributed by atoms with Crippen LogP contribution in [0.3, 0.4) is 0 Å². The molecule has 1 amide bonds. The van der Waals surface area contributed by atoms with Crippen molar-refractivity contribution in [3.63, 3.8) is 0 Å². The van der Waals surface area contributed by atoms with Crippen LogP contribution in [0.1, 0.15) is 16.1 Å². The minimum absolute atomic E-state index is 0.0670. The molecule has 0 bridgehead atoms. The van der Waals surface area contributed by atoms with Gasteiger partial charge >= 0.3 is 0 Å². The molecule has 2 heterocycles. The van der Waals surface area contributed by atoms with Crippen molar-refractivity contribution in [1.29, 1.82) is 0 Å². The standard InChI is InChI=1S/C15H14N4O5S/c1-8-11(12-13(20)17-7-18-14(12)24-8)15(21)19(2)9-3-5-10(6-4-9)25(16,22)23/h3-7H,1-2H3,(H2,16,22,23)(H,17,18,20). The van der Waals surface area contributed by atoms with Crippen molar-refractivity contribution < 1.29 is 17.6 Å². The lowest BCUT2D eigenvalue weighted by Crippen LogP contribution is -2.27. The number of aromatic nitrogens is 2. The van der Waals surface area contributed by atoms with Gasteiger partial charge < -0.3 is 14.3 Å². The Morgan fingerprint density at radius 3 is 2.52 bits per heavy atom. The average molecular weight is 362 g/mol. The molecule has 0 aliphatic heterocycles. The fourth-order valence-corrected chi connectivity index (χ4v) is 2.97. The molecule has 1 aromatic carbocycles. The van der Waals surface area contributed by atoms with Crippen LogP contribution in [-0.2, 0) is 10.0 Å². The fourth-order valence-electron chi connectivity index (χ4n) is 2.46. The van der Waals surface area contributed by atoms with Gasteiger partial charge in [-0.1, -0.05) is 0 Å². The van der Waals surface area contributed by atoms with Crippen molar-refractivity contribution in [2.45, 2.75) is 11.8 Å². The Kier molecular flexibility index (Phi) is 3.93. The summed E-state index contributed by atoms with van der Waals surface area (Å²) < 4.78 is 28.0. The highest BCUT2D eigenvalue weighted by Crippen LogP contribution is 2.24. The third kappa shape index (κ3) is 2.92. The first-order valence-corrected chi connectivity index (χ1v) is 8.62. The number of carbonyl (C=O) groups is 1. The first-order valence-electron chi connectivity index (χ1n) is 7.08. The zero-order valence-electron chi connectivity index (χ0n) is 13.3. The number of fused-ring (bicyclic) bond motifs is 1. The zero-order valence-corrected chi connectivity index (χ0v) is 14.1. The predicted octanol–water partition coefficient (Wildman–Crippen LogP) is 0.749. The molecule has 0 unspecified atom stereocenters. The van der Waals surface area contributed by atoms with Gasteiger partial charge in [0.25, 0.3) is 11.5 Å². The van der Waals surface area contributed by atoms with Crippen LogP contribution < -0.4 is 15.6 Å². The van der Waals surface area contributed by atoms with Gasteiger partial charge in [-0.15, -0.1) is 0 Å². The Balaban J connectivity index is 2.04. The number of primary sulfonamides is 1. The van der Waals surface area contributed by atoms with Gasteiger partial charge in [0.1, 0.15) is 11.1 Å². The molecule has 0 aliphatic rings. The Labute approximate surface area is 142 Å². The number of furan rings is 1. The van der Waals surface area contributed by atoms with Crippen LogP contribution >= 0.6 is 0 Å². The van der Waals surface area contributed by atoms with E-state index in [1.807, 2.05) is 0 Å². The van der Waals surface area contributed by atoms with Gasteiger partial charge in [-0.05, 0) is 31.2 Å². The highest BCUT2D eigenvalue weighted by atomic mass is 32.2. The van der Waals surface area contributed by atoms with Gasteiger partial charge in [0.05, 0.1) is 16.8 Å². The maximum Gasteiger partial charge on any atom is 0.262 e. The second-order valence-electron chi connectivity index (χ2n) is 5.35. The van der Waals surface area contributed by atoms with E-state index in [0.717, 1.165) is 0 Å². The normalized spacial score (nSPS) is 11.6. The van der Waals surface area contributed by atoms with Crippen LogP contribution in [0.5, 0.6) is 0 Å². The molecule has 0 aliphatic carbocycles. The predicted molar refractivity (Wildman–Crippen MR) is 89.9 cm³/mol. The smallest absolute Gasteiger partial charge is 0.262 e. The molecule has 0 saturated carbocycles. The minimum atomic E-state index is -3.82. The summed E-state index contributed by atoms with van der Waals surface area (Å²) in [6.45, 7) is 1.56. The summed E-state index contributed by atoms with van der Waals surface area (Å²) in [5.74, 6) is -0.227. The number of H-pyrrole nitrogens is 1. The number of hydrogen-bond donors (Lipinski definition) is 2. The van der Waals surface area contributed by atoms with Crippen LogP contribution in [-0.4, -0.2) is 31.3 Å². The number of nitrogens with zero attached hydrogens (tertiary/aromatic N) is 2. The molecule has 0 atom stereocenters. The molecule has 25 heavy (non-hydrogen) atoms. The van der Waals surface area contributed by atoms with Gasteiger partial charge in [-0.3, -0.25) is 9.59 Å². The number of nitrogens with two attached hydrogens (primary N) is 1. The molecule has 3 rings (SSSR count). The van der Waals surface area contributed by atoms with Crippen LogP contribution in [0.4, 0.5) is 5.69 Å². The summed E-state index contributed by atoms with van der Waals surface area (Å²) in [7, 11) is -2.32. The maximum absolute atomic E-state index is 12.8. The van der Waals surface area contributed by atoms with E-state index in [1.165, 1.54) is 42.5 Å². The monoisotopic (exact) mass is 362 g/mol. The van der Waals surface area contributed by atoms with E-state index in [-0.39, 0.29) is 27.3 Å². The number of nitrogens with one attached hydrogen (secondary N) is 1. The SMILES string of the molecule is Cc1oc2nc[nH]c(=O)c2c1C(=O)N(C)c1ccc(S(N)(=O)=O)cc1. The van der Waals surface area contributed by atoms with E-state index in [0.29, 0.717) is 5.69 Å². The summed E-state index contributed by atoms with van der Waals surface area (Å²) in [6.07, 6.45) is 1.19. The number of amides is 1. The number of rotatable bonds is 3. The largest absolute Gasteiger partial charge is 0.442 e. The third-order valence-corrected chi connectivity index (χ3v) is 4.67. The maximum atomic E-state index is 12.8. The van der Waals surface area contributed by atoms with E-state index in [1.54, 1.807) is 6.92 Å². The number of hydrogen-bond acceptors (Lipinski definition) is 6. The molecule has 130 valence electrons. The van der Waals surface area contributed by atoms with Crippen molar-refractivity contribution in [1.82, 2.24) is 9.97 Å². The second kappa shape index (κ2) is 5.83. The molecule has 3 N–H and O–H groups in total. The van der Waals surface area contributed by atoms with Crippen molar-refractivity contribution in [2.24, 2.45) is 5.14 Å². The van der Waals surface area contributed by atoms with Crippen molar-refractivity contribution in [3.8, 4) is 0 Å². The van der Waals surface area contributed by atoms with Crippen LogP contribution in [0.15, 0.2) is 44.7 Å². The Morgan fingerprint density at radius 2 is 1.92 bits per heavy atom. The quantitative estimate of drug-likeness (QED) is 0.704. The van der Waals surface area contributed by atoms with Gasteiger partial charge in [0, 0.05) is 12.7 Å². The van der Waals surface area contributed by atoms with Gasteiger partial charge in [0.2, 0.25) is 15.7 Å². The lowest BCUT2D eigenvalue weighted by molar-refractivity contribution is 0.0993. The topological polar surface area (TPSA) is 139 Å². The number of sulfonamides is 1. The molecule has 0 fully saturated rings. The van der Waals surface area contributed by atoms with Gasteiger partial charge in [-0.25, -0.2) is 18.5 Å². The van der Waals surface area contributed by atoms with Gasteiger partial charge in [0.15, 0.2) is 0 Å². The average Bonchev–Trinajstić information content (AvgIpc) is 2.90. The summed E-state index contributed by atoms with van der Waals surface area (Å²) in [5, 5.41) is 5.12. The lowest BCUT2D eigenvalue weighted by Gasteiger charge is -2.17. The summed E-state index contributed by atoms with van der Waals surface area (Å²) in [4.78, 5) is 32.4. The molecule has 10 heteroatoms. The summed E-state index contributed by atoms with van der Waals surface area (Å²) in [6, 6.07) is 5.47. The molecular weight excluding hydrogens is 348 g/mol. The number of carbonyl (C=O) groups excluding carboxylic acids is 1. The number of aryl methyl sites for hydroxylation is 1. The molecule has 0 radical (unpaired) electrons. The summed E-state index contributed by atoms with van der Waals surface area (Å²) in [5.41, 5.74) is 0.111. The van der Waals surface area contributed by atoms with E-state index in [4.69, 9.17) is 9.56 Å². The first kappa shape index (κ1) is 16.9. The van der Waals surface area contributed by atoms with Crippen molar-refractivity contribution in [2.75, 3.05) is 11.9 Å². The molecule has 3 aromatic rings. The number of aromatic amines is 1. The third-order valence-electron chi connectivity index (χ3n) is 3.74. The zero-order chi connectivity index (χ0) is 18.4. The molecule has 2 aromatic heterocycles. The van der Waals surface area contributed by atoms with E-state index in [2.05, 4.69) is 9.97 Å². The number of anilines is 1. The fraction of sp³-hybridized carbons (Fsp3) is 0.133. The minimum Gasteiger partial charge on any atom is -0.442 e. The van der Waals surface area contributed by atoms with E-state index in [9.17, 15) is 18.0 Å². The van der Waals surface area contributed by atoms with Crippen LogP contribution in [0.2, 0.25) is 0 Å². The lowest BCUT2D eigenvalue weighted by atomic mass is 10.1. The first-order chi connectivity index (χ1) is 11.7. The highest BCUT2D eigenvalue weighted by molar-refractivity contribution is 7.89. The molecule has 9 nitrogen and oxygen atoms in total. The van der Waals surface area contributed by atoms with Crippen molar-refractivity contribution >= 4 is 32.7 Å². The second-order valence-corrected chi connectivity index (χ2v) is 6.91. The number of benzene rings is 1. The Hall–Kier alpha value is -2.98. The summed E-state index contributed by atoms with van der Waals surface area (Å²) >= 11 is 0. The van der Waals surface area contributed by atoms with Crippen molar-refractivity contribution in [3.05, 3.63) is 52.3 Å². The molecule has 0 saturated heterocycles.